The first-order valence-corrected chi connectivity index (χ1v) is 6.87. The van der Waals surface area contributed by atoms with E-state index < -0.39 is 0 Å². The number of nitrogens with one attached hydrogen (secondary N) is 1. The smallest absolute Gasteiger partial charge is 0.0507 e. The van der Waals surface area contributed by atoms with Crippen LogP contribution >= 0.6 is 0 Å². The van der Waals surface area contributed by atoms with E-state index >= 15 is 0 Å². The number of rotatable bonds is 9. The molecule has 0 spiro atoms. The molecule has 16 heavy (non-hydrogen) atoms. The Morgan fingerprint density at radius 1 is 1.19 bits per heavy atom. The highest BCUT2D eigenvalue weighted by Crippen LogP contribution is 2.10. The minimum absolute atomic E-state index is 0.755. The summed E-state index contributed by atoms with van der Waals surface area (Å²) in [5.74, 6) is 0.755. The van der Waals surface area contributed by atoms with Crippen molar-refractivity contribution in [2.75, 3.05) is 45.9 Å². The molecular formula is C13H28N2O. The molecule has 0 bridgehead atoms. The van der Waals surface area contributed by atoms with Gasteiger partial charge in [-0.2, -0.15) is 0 Å². The fraction of sp³-hybridized carbons (Fsp3) is 1.00. The van der Waals surface area contributed by atoms with Gasteiger partial charge in [0.15, 0.2) is 0 Å². The van der Waals surface area contributed by atoms with Crippen LogP contribution in [0.2, 0.25) is 0 Å². The van der Waals surface area contributed by atoms with Crippen molar-refractivity contribution in [1.82, 2.24) is 10.2 Å². The lowest BCUT2D eigenvalue weighted by Crippen LogP contribution is -2.35. The summed E-state index contributed by atoms with van der Waals surface area (Å²) in [7, 11) is 0. The Bertz CT molecular complexity index is 152. The fourth-order valence-corrected chi connectivity index (χ4v) is 2.26. The van der Waals surface area contributed by atoms with Gasteiger partial charge in [0, 0.05) is 26.2 Å². The number of hydrogen-bond donors (Lipinski definition) is 1. The summed E-state index contributed by atoms with van der Waals surface area (Å²) >= 11 is 0. The van der Waals surface area contributed by atoms with Crippen LogP contribution < -0.4 is 5.32 Å². The molecular weight excluding hydrogens is 200 g/mol. The van der Waals surface area contributed by atoms with Gasteiger partial charge in [0.2, 0.25) is 0 Å². The van der Waals surface area contributed by atoms with Crippen molar-refractivity contribution in [2.24, 2.45) is 5.92 Å². The second-order valence-electron chi connectivity index (χ2n) is 4.78. The van der Waals surface area contributed by atoms with Gasteiger partial charge in [0.05, 0.1) is 6.61 Å². The van der Waals surface area contributed by atoms with Gasteiger partial charge in [0.25, 0.3) is 0 Å². The van der Waals surface area contributed by atoms with Crippen LogP contribution in [-0.4, -0.2) is 50.8 Å². The quantitative estimate of drug-likeness (QED) is 0.608. The van der Waals surface area contributed by atoms with E-state index in [0.29, 0.717) is 0 Å². The predicted octanol–water partition coefficient (Wildman–Crippen LogP) is 1.73. The van der Waals surface area contributed by atoms with E-state index in [-0.39, 0.29) is 0 Å². The van der Waals surface area contributed by atoms with Crippen LogP contribution in [0, 0.1) is 5.92 Å². The Labute approximate surface area is 101 Å². The number of hydrogen-bond acceptors (Lipinski definition) is 3. The minimum atomic E-state index is 0.755. The molecule has 1 rings (SSSR count). The van der Waals surface area contributed by atoms with Gasteiger partial charge in [-0.3, -0.25) is 0 Å². The van der Waals surface area contributed by atoms with Gasteiger partial charge in [-0.15, -0.1) is 0 Å². The zero-order valence-electron chi connectivity index (χ0n) is 11.0. The average molecular weight is 228 g/mol. The second kappa shape index (κ2) is 8.97. The average Bonchev–Trinajstić information content (AvgIpc) is 2.78. The fourth-order valence-electron chi connectivity index (χ4n) is 2.26. The Kier molecular flexibility index (Phi) is 7.81. The van der Waals surface area contributed by atoms with E-state index in [0.717, 1.165) is 32.2 Å². The lowest BCUT2D eigenvalue weighted by Gasteiger charge is -2.21. The highest BCUT2D eigenvalue weighted by Gasteiger charge is 2.14. The zero-order valence-corrected chi connectivity index (χ0v) is 11.0. The highest BCUT2D eigenvalue weighted by molar-refractivity contribution is 4.67. The summed E-state index contributed by atoms with van der Waals surface area (Å²) < 4.78 is 5.36. The first kappa shape index (κ1) is 13.9. The molecule has 0 amide bonds. The molecule has 0 aliphatic carbocycles. The van der Waals surface area contributed by atoms with Crippen molar-refractivity contribution in [3.8, 4) is 0 Å². The van der Waals surface area contributed by atoms with Crippen molar-refractivity contribution >= 4 is 0 Å². The normalized spacial score (nSPS) is 20.8. The Morgan fingerprint density at radius 3 is 2.50 bits per heavy atom. The molecule has 3 heteroatoms. The van der Waals surface area contributed by atoms with Crippen LogP contribution in [0.5, 0.6) is 0 Å². The molecule has 1 heterocycles. The molecule has 0 radical (unpaired) electrons. The summed E-state index contributed by atoms with van der Waals surface area (Å²) in [5.41, 5.74) is 0. The maximum absolute atomic E-state index is 5.36. The molecule has 1 N–H and O–H groups in total. The molecule has 3 nitrogen and oxygen atoms in total. The third-order valence-corrected chi connectivity index (χ3v) is 3.14. The van der Waals surface area contributed by atoms with Crippen LogP contribution in [0.25, 0.3) is 0 Å². The van der Waals surface area contributed by atoms with Crippen molar-refractivity contribution in [1.29, 1.82) is 0 Å². The van der Waals surface area contributed by atoms with Gasteiger partial charge >= 0.3 is 0 Å². The van der Waals surface area contributed by atoms with Gasteiger partial charge in [-0.1, -0.05) is 13.8 Å². The van der Waals surface area contributed by atoms with Crippen LogP contribution in [-0.2, 0) is 4.74 Å². The molecule has 1 fully saturated rings. The maximum atomic E-state index is 5.36. The third-order valence-electron chi connectivity index (χ3n) is 3.14. The summed E-state index contributed by atoms with van der Waals surface area (Å²) in [6, 6.07) is 0. The second-order valence-corrected chi connectivity index (χ2v) is 4.78. The largest absolute Gasteiger partial charge is 0.381 e. The predicted molar refractivity (Wildman–Crippen MR) is 68.8 cm³/mol. The Balaban J connectivity index is 1.98. The van der Waals surface area contributed by atoms with Gasteiger partial charge < -0.3 is 15.0 Å². The standard InChI is InChI=1S/C13H28N2O/c1-3-7-15(8-4-2)9-6-14-11-13-5-10-16-12-13/h13-14H,3-12H2,1-2H3. The zero-order chi connectivity index (χ0) is 11.6. The van der Waals surface area contributed by atoms with Crippen LogP contribution in [0.1, 0.15) is 33.1 Å². The molecule has 1 saturated heterocycles. The molecule has 1 unspecified atom stereocenters. The van der Waals surface area contributed by atoms with Crippen LogP contribution in [0.3, 0.4) is 0 Å². The molecule has 1 aliphatic heterocycles. The van der Waals surface area contributed by atoms with Crippen molar-refractivity contribution in [3.05, 3.63) is 0 Å². The van der Waals surface area contributed by atoms with Gasteiger partial charge in [0.1, 0.15) is 0 Å². The third kappa shape index (κ3) is 5.83. The molecule has 1 aliphatic rings. The van der Waals surface area contributed by atoms with E-state index in [1.54, 1.807) is 0 Å². The van der Waals surface area contributed by atoms with Crippen LogP contribution in [0.15, 0.2) is 0 Å². The maximum Gasteiger partial charge on any atom is 0.0507 e. The molecule has 0 aromatic rings. The summed E-state index contributed by atoms with van der Waals surface area (Å²) in [4.78, 5) is 2.55. The number of ether oxygens (including phenoxy) is 1. The SMILES string of the molecule is CCCN(CCC)CCNCC1CCOC1. The van der Waals surface area contributed by atoms with E-state index in [4.69, 9.17) is 4.74 Å². The first-order chi connectivity index (χ1) is 7.86. The van der Waals surface area contributed by atoms with E-state index in [9.17, 15) is 0 Å². The molecule has 0 aromatic carbocycles. The van der Waals surface area contributed by atoms with Gasteiger partial charge in [-0.25, -0.2) is 0 Å². The van der Waals surface area contributed by atoms with E-state index in [1.807, 2.05) is 0 Å². The van der Waals surface area contributed by atoms with Gasteiger partial charge in [-0.05, 0) is 38.3 Å². The number of nitrogens with zero attached hydrogens (tertiary/aromatic N) is 1. The molecule has 0 saturated carbocycles. The monoisotopic (exact) mass is 228 g/mol. The summed E-state index contributed by atoms with van der Waals surface area (Å²) in [6.45, 7) is 12.4. The lowest BCUT2D eigenvalue weighted by molar-refractivity contribution is 0.185. The van der Waals surface area contributed by atoms with Crippen molar-refractivity contribution in [3.63, 3.8) is 0 Å². The Hall–Kier alpha value is -0.120. The summed E-state index contributed by atoms with van der Waals surface area (Å²) in [6.07, 6.45) is 3.76. The molecule has 0 aromatic heterocycles. The molecule has 96 valence electrons. The van der Waals surface area contributed by atoms with Crippen molar-refractivity contribution < 1.29 is 4.74 Å². The Morgan fingerprint density at radius 2 is 1.94 bits per heavy atom. The van der Waals surface area contributed by atoms with Crippen LogP contribution in [0.4, 0.5) is 0 Å². The van der Waals surface area contributed by atoms with E-state index in [2.05, 4.69) is 24.1 Å². The van der Waals surface area contributed by atoms with E-state index in [1.165, 1.54) is 38.9 Å². The first-order valence-electron chi connectivity index (χ1n) is 6.87. The highest BCUT2D eigenvalue weighted by atomic mass is 16.5. The lowest BCUT2D eigenvalue weighted by atomic mass is 10.1. The van der Waals surface area contributed by atoms with Crippen molar-refractivity contribution in [2.45, 2.75) is 33.1 Å². The topological polar surface area (TPSA) is 24.5 Å². The molecule has 1 atom stereocenters. The minimum Gasteiger partial charge on any atom is -0.381 e. The summed E-state index contributed by atoms with van der Waals surface area (Å²) in [5, 5.41) is 3.55.